The fourth-order valence-corrected chi connectivity index (χ4v) is 2.33. The number of ether oxygens (including phenoxy) is 1. The third-order valence-electron chi connectivity index (χ3n) is 3.85. The van der Waals surface area contributed by atoms with Crippen LogP contribution in [0.4, 0.5) is 5.69 Å². The molecule has 0 fully saturated rings. The van der Waals surface area contributed by atoms with Gasteiger partial charge in [-0.2, -0.15) is 0 Å². The summed E-state index contributed by atoms with van der Waals surface area (Å²) in [5, 5.41) is 2.96. The molecule has 0 unspecified atom stereocenters. The topological polar surface area (TPSA) is 38.3 Å². The minimum atomic E-state index is -0.137. The van der Waals surface area contributed by atoms with Crippen LogP contribution >= 0.6 is 0 Å². The number of benzene rings is 2. The summed E-state index contributed by atoms with van der Waals surface area (Å²) in [5.41, 5.74) is 5.48. The van der Waals surface area contributed by atoms with E-state index in [2.05, 4.69) is 19.2 Å². The first-order valence-electron chi connectivity index (χ1n) is 7.59. The molecular weight excluding hydrogens is 274 g/mol. The number of carbonyl (C=O) groups excluding carboxylic acids is 1. The smallest absolute Gasteiger partial charge is 0.262 e. The van der Waals surface area contributed by atoms with Crippen molar-refractivity contribution >= 4 is 11.6 Å². The van der Waals surface area contributed by atoms with Crippen LogP contribution in [0.2, 0.25) is 0 Å². The molecule has 0 radical (unpaired) electrons. The molecule has 1 N–H and O–H groups in total. The number of nitrogens with one attached hydrogen (secondary N) is 1. The Hall–Kier alpha value is -2.29. The summed E-state index contributed by atoms with van der Waals surface area (Å²) < 4.78 is 5.58. The van der Waals surface area contributed by atoms with E-state index in [1.807, 2.05) is 50.2 Å². The average molecular weight is 297 g/mol. The van der Waals surface area contributed by atoms with E-state index in [1.54, 1.807) is 0 Å². The third kappa shape index (κ3) is 3.88. The lowest BCUT2D eigenvalue weighted by Crippen LogP contribution is -2.21. The Kier molecular flexibility index (Phi) is 5.21. The molecule has 0 heterocycles. The summed E-state index contributed by atoms with van der Waals surface area (Å²) >= 11 is 0. The van der Waals surface area contributed by atoms with Crippen molar-refractivity contribution in [1.29, 1.82) is 0 Å². The molecular formula is C19H23NO2. The molecule has 2 aromatic rings. The Morgan fingerprint density at radius 3 is 2.50 bits per heavy atom. The van der Waals surface area contributed by atoms with Crippen molar-refractivity contribution < 1.29 is 9.53 Å². The van der Waals surface area contributed by atoms with Gasteiger partial charge in [0.1, 0.15) is 5.75 Å². The molecule has 3 nitrogen and oxygen atoms in total. The normalized spacial score (nSPS) is 10.4. The molecule has 0 aliphatic rings. The molecule has 0 saturated carbocycles. The van der Waals surface area contributed by atoms with Crippen molar-refractivity contribution in [3.8, 4) is 5.75 Å². The van der Waals surface area contributed by atoms with Crippen molar-refractivity contribution in [2.45, 2.75) is 34.1 Å². The highest BCUT2D eigenvalue weighted by atomic mass is 16.5. The fourth-order valence-electron chi connectivity index (χ4n) is 2.33. The molecule has 2 rings (SSSR count). The van der Waals surface area contributed by atoms with E-state index < -0.39 is 0 Å². The number of aryl methyl sites for hydroxylation is 4. The standard InChI is InChI=1S/C19H23NO2/c1-5-16-8-6-7-14(3)19(16)20-18(21)12-22-17-10-9-13(2)15(4)11-17/h6-11H,5,12H2,1-4H3,(H,20,21). The van der Waals surface area contributed by atoms with Crippen LogP contribution in [-0.2, 0) is 11.2 Å². The van der Waals surface area contributed by atoms with Crippen LogP contribution in [-0.4, -0.2) is 12.5 Å². The molecule has 3 heteroatoms. The Morgan fingerprint density at radius 1 is 1.05 bits per heavy atom. The first-order valence-corrected chi connectivity index (χ1v) is 7.59. The largest absolute Gasteiger partial charge is 0.484 e. The summed E-state index contributed by atoms with van der Waals surface area (Å²) in [7, 11) is 0. The molecule has 0 aliphatic carbocycles. The Labute approximate surface area is 132 Å². The van der Waals surface area contributed by atoms with E-state index in [-0.39, 0.29) is 12.5 Å². The minimum absolute atomic E-state index is 0.0139. The van der Waals surface area contributed by atoms with Gasteiger partial charge in [-0.3, -0.25) is 4.79 Å². The van der Waals surface area contributed by atoms with Crippen LogP contribution in [0.15, 0.2) is 36.4 Å². The Bertz CT molecular complexity index is 677. The number of hydrogen-bond acceptors (Lipinski definition) is 2. The average Bonchev–Trinajstić information content (AvgIpc) is 2.50. The van der Waals surface area contributed by atoms with Gasteiger partial charge < -0.3 is 10.1 Å². The maximum absolute atomic E-state index is 12.1. The number of anilines is 1. The molecule has 0 spiro atoms. The van der Waals surface area contributed by atoms with E-state index in [1.165, 1.54) is 5.56 Å². The lowest BCUT2D eigenvalue weighted by molar-refractivity contribution is -0.118. The van der Waals surface area contributed by atoms with Gasteiger partial charge in [0.25, 0.3) is 5.91 Å². The quantitative estimate of drug-likeness (QED) is 0.898. The summed E-state index contributed by atoms with van der Waals surface area (Å²) in [4.78, 5) is 12.1. The van der Waals surface area contributed by atoms with Gasteiger partial charge in [-0.25, -0.2) is 0 Å². The molecule has 0 aliphatic heterocycles. The highest BCUT2D eigenvalue weighted by molar-refractivity contribution is 5.93. The molecule has 2 aromatic carbocycles. The summed E-state index contributed by atoms with van der Waals surface area (Å²) in [5.74, 6) is 0.584. The van der Waals surface area contributed by atoms with Gasteiger partial charge in [-0.05, 0) is 61.6 Å². The van der Waals surface area contributed by atoms with Crippen molar-refractivity contribution in [2.75, 3.05) is 11.9 Å². The maximum Gasteiger partial charge on any atom is 0.262 e. The summed E-state index contributed by atoms with van der Waals surface area (Å²) in [6.45, 7) is 8.17. The second kappa shape index (κ2) is 7.12. The highest BCUT2D eigenvalue weighted by Crippen LogP contribution is 2.21. The molecule has 0 saturated heterocycles. The zero-order valence-corrected chi connectivity index (χ0v) is 13.7. The van der Waals surface area contributed by atoms with Gasteiger partial charge in [0.05, 0.1) is 0 Å². The molecule has 116 valence electrons. The van der Waals surface area contributed by atoms with Gasteiger partial charge in [0, 0.05) is 5.69 Å². The van der Waals surface area contributed by atoms with E-state index >= 15 is 0 Å². The van der Waals surface area contributed by atoms with Crippen molar-refractivity contribution in [3.05, 3.63) is 58.7 Å². The van der Waals surface area contributed by atoms with Gasteiger partial charge in [-0.15, -0.1) is 0 Å². The zero-order valence-electron chi connectivity index (χ0n) is 13.7. The lowest BCUT2D eigenvalue weighted by Gasteiger charge is -2.13. The predicted octanol–water partition coefficient (Wildman–Crippen LogP) is 4.19. The number of hydrogen-bond donors (Lipinski definition) is 1. The first kappa shape index (κ1) is 16.1. The maximum atomic E-state index is 12.1. The van der Waals surface area contributed by atoms with Crippen LogP contribution in [0.3, 0.4) is 0 Å². The first-order chi connectivity index (χ1) is 10.5. The van der Waals surface area contributed by atoms with Crippen molar-refractivity contribution in [1.82, 2.24) is 0 Å². The van der Waals surface area contributed by atoms with Crippen LogP contribution < -0.4 is 10.1 Å². The van der Waals surface area contributed by atoms with E-state index in [0.29, 0.717) is 0 Å². The van der Waals surface area contributed by atoms with Crippen molar-refractivity contribution in [2.24, 2.45) is 0 Å². The fraction of sp³-hybridized carbons (Fsp3) is 0.316. The van der Waals surface area contributed by atoms with E-state index in [4.69, 9.17) is 4.74 Å². The van der Waals surface area contributed by atoms with Crippen molar-refractivity contribution in [3.63, 3.8) is 0 Å². The number of carbonyl (C=O) groups is 1. The number of rotatable bonds is 5. The van der Waals surface area contributed by atoms with E-state index in [0.717, 1.165) is 34.5 Å². The zero-order chi connectivity index (χ0) is 16.1. The van der Waals surface area contributed by atoms with Gasteiger partial charge in [-0.1, -0.05) is 31.2 Å². The van der Waals surface area contributed by atoms with Crippen LogP contribution in [0.1, 0.15) is 29.2 Å². The Balaban J connectivity index is 2.00. The summed E-state index contributed by atoms with van der Waals surface area (Å²) in [6.07, 6.45) is 0.884. The van der Waals surface area contributed by atoms with Crippen LogP contribution in [0.5, 0.6) is 5.75 Å². The molecule has 22 heavy (non-hydrogen) atoms. The van der Waals surface area contributed by atoms with Gasteiger partial charge in [0.15, 0.2) is 6.61 Å². The predicted molar refractivity (Wildman–Crippen MR) is 90.6 cm³/mol. The van der Waals surface area contributed by atoms with Crippen LogP contribution in [0.25, 0.3) is 0 Å². The minimum Gasteiger partial charge on any atom is -0.484 e. The van der Waals surface area contributed by atoms with E-state index in [9.17, 15) is 4.79 Å². The number of amides is 1. The Morgan fingerprint density at radius 2 is 1.82 bits per heavy atom. The second-order valence-corrected chi connectivity index (χ2v) is 5.55. The lowest BCUT2D eigenvalue weighted by atomic mass is 10.1. The summed E-state index contributed by atoms with van der Waals surface area (Å²) in [6, 6.07) is 11.9. The monoisotopic (exact) mass is 297 g/mol. The molecule has 1 amide bonds. The third-order valence-corrected chi connectivity index (χ3v) is 3.85. The second-order valence-electron chi connectivity index (χ2n) is 5.55. The van der Waals surface area contributed by atoms with Gasteiger partial charge >= 0.3 is 0 Å². The molecule has 0 bridgehead atoms. The SMILES string of the molecule is CCc1cccc(C)c1NC(=O)COc1ccc(C)c(C)c1. The van der Waals surface area contributed by atoms with Crippen LogP contribution in [0, 0.1) is 20.8 Å². The van der Waals surface area contributed by atoms with Gasteiger partial charge in [0.2, 0.25) is 0 Å². The molecule has 0 aromatic heterocycles. The molecule has 0 atom stereocenters. The number of para-hydroxylation sites is 1. The highest BCUT2D eigenvalue weighted by Gasteiger charge is 2.09.